The molecule has 0 aliphatic carbocycles. The molecule has 114 valence electrons. The van der Waals surface area contributed by atoms with Gasteiger partial charge in [-0.15, -0.1) is 0 Å². The van der Waals surface area contributed by atoms with Gasteiger partial charge in [-0.2, -0.15) is 0 Å². The molecule has 6 heteroatoms. The Bertz CT molecular complexity index is 979. The molecule has 2 heterocycles. The van der Waals surface area contributed by atoms with E-state index < -0.39 is 5.69 Å². The quantitative estimate of drug-likeness (QED) is 0.602. The van der Waals surface area contributed by atoms with Gasteiger partial charge < -0.3 is 10.3 Å². The summed E-state index contributed by atoms with van der Waals surface area (Å²) in [6.07, 6.45) is 0. The monoisotopic (exact) mass is 323 g/mol. The minimum atomic E-state index is -0.493. The lowest BCUT2D eigenvalue weighted by Gasteiger charge is -2.19. The van der Waals surface area contributed by atoms with Crippen LogP contribution in [0.2, 0.25) is 0 Å². The molecule has 0 spiro atoms. The van der Waals surface area contributed by atoms with Gasteiger partial charge in [0.1, 0.15) is 0 Å². The van der Waals surface area contributed by atoms with Crippen LogP contribution in [0.25, 0.3) is 0 Å². The lowest BCUT2D eigenvalue weighted by atomic mass is 10.0. The summed E-state index contributed by atoms with van der Waals surface area (Å²) in [5, 5.41) is 4.00. The fraction of sp³-hybridized carbons (Fsp3) is 0.0588. The molecule has 1 aliphatic rings. The van der Waals surface area contributed by atoms with Crippen molar-refractivity contribution in [2.24, 2.45) is 0 Å². The topological polar surface area (TPSA) is 77.8 Å². The van der Waals surface area contributed by atoms with Crippen molar-refractivity contribution in [3.05, 3.63) is 86.6 Å². The molecule has 1 aliphatic heterocycles. The van der Waals surface area contributed by atoms with E-state index in [0.29, 0.717) is 10.6 Å². The second-order valence-electron chi connectivity index (χ2n) is 5.24. The van der Waals surface area contributed by atoms with Gasteiger partial charge in [-0.25, -0.2) is 4.79 Å². The number of anilines is 1. The molecule has 2 aromatic carbocycles. The fourth-order valence-corrected chi connectivity index (χ4v) is 3.79. The van der Waals surface area contributed by atoms with E-state index in [9.17, 15) is 9.59 Å². The maximum absolute atomic E-state index is 12.4. The summed E-state index contributed by atoms with van der Waals surface area (Å²) >= 11 is 1.39. The third kappa shape index (κ3) is 2.47. The average Bonchev–Trinajstić information content (AvgIpc) is 2.72. The van der Waals surface area contributed by atoms with Crippen LogP contribution in [0.15, 0.2) is 74.1 Å². The van der Waals surface area contributed by atoms with Crippen LogP contribution in [-0.2, 0) is 0 Å². The first-order valence-corrected chi connectivity index (χ1v) is 7.99. The van der Waals surface area contributed by atoms with Crippen LogP contribution in [0.4, 0.5) is 5.69 Å². The molecule has 1 aromatic heterocycles. The Kier molecular flexibility index (Phi) is 3.31. The maximum atomic E-state index is 12.4. The van der Waals surface area contributed by atoms with Crippen molar-refractivity contribution < 1.29 is 0 Å². The lowest BCUT2D eigenvalue weighted by Crippen LogP contribution is -2.30. The Hall–Kier alpha value is -2.73. The zero-order chi connectivity index (χ0) is 15.8. The molecule has 5 nitrogen and oxygen atoms in total. The number of rotatable bonds is 1. The number of hydrogen-bond donors (Lipinski definition) is 3. The Morgan fingerprint density at radius 2 is 1.61 bits per heavy atom. The minimum absolute atomic E-state index is 0.331. The molecule has 4 rings (SSSR count). The van der Waals surface area contributed by atoms with Crippen LogP contribution in [0.3, 0.4) is 0 Å². The van der Waals surface area contributed by atoms with Crippen molar-refractivity contribution in [3.63, 3.8) is 0 Å². The molecule has 0 bridgehead atoms. The highest BCUT2D eigenvalue weighted by molar-refractivity contribution is 7.99. The summed E-state index contributed by atoms with van der Waals surface area (Å²) in [6, 6.07) is 17.2. The van der Waals surface area contributed by atoms with Gasteiger partial charge in [0, 0.05) is 10.6 Å². The molecular formula is C17H13N3O2S. The summed E-state index contributed by atoms with van der Waals surface area (Å²) in [4.78, 5) is 30.2. The maximum Gasteiger partial charge on any atom is 0.326 e. The molecule has 0 saturated heterocycles. The predicted octanol–water partition coefficient (Wildman–Crippen LogP) is 2.73. The lowest BCUT2D eigenvalue weighted by molar-refractivity contribution is 0.818. The molecule has 1 atom stereocenters. The second kappa shape index (κ2) is 5.48. The normalized spacial score (nSPS) is 15.9. The number of para-hydroxylation sites is 1. The van der Waals surface area contributed by atoms with Crippen molar-refractivity contribution in [1.82, 2.24) is 9.97 Å². The van der Waals surface area contributed by atoms with Crippen LogP contribution in [-0.4, -0.2) is 9.97 Å². The number of hydrogen-bond acceptors (Lipinski definition) is 4. The zero-order valence-corrected chi connectivity index (χ0v) is 12.8. The van der Waals surface area contributed by atoms with Crippen LogP contribution < -0.4 is 16.6 Å². The van der Waals surface area contributed by atoms with Gasteiger partial charge in [0.25, 0.3) is 5.56 Å². The Balaban J connectivity index is 2.00. The minimum Gasteiger partial charge on any atom is -0.373 e. The highest BCUT2D eigenvalue weighted by atomic mass is 32.2. The molecule has 0 radical (unpaired) electrons. The van der Waals surface area contributed by atoms with Crippen molar-refractivity contribution >= 4 is 17.4 Å². The smallest absolute Gasteiger partial charge is 0.326 e. The average molecular weight is 323 g/mol. The van der Waals surface area contributed by atoms with Crippen molar-refractivity contribution in [2.75, 3.05) is 5.32 Å². The van der Waals surface area contributed by atoms with E-state index in [1.165, 1.54) is 11.8 Å². The SMILES string of the molecule is O=c1[nH]c2c(c(=O)[nH]1)C(c1ccccc1)Nc1ccccc1S2. The highest BCUT2D eigenvalue weighted by Gasteiger charge is 2.26. The van der Waals surface area contributed by atoms with Crippen molar-refractivity contribution in [1.29, 1.82) is 0 Å². The van der Waals surface area contributed by atoms with Crippen LogP contribution in [0, 0.1) is 0 Å². The fourth-order valence-electron chi connectivity index (χ4n) is 2.73. The highest BCUT2D eigenvalue weighted by Crippen LogP contribution is 2.41. The molecule has 0 amide bonds. The van der Waals surface area contributed by atoms with Crippen LogP contribution in [0.5, 0.6) is 0 Å². The van der Waals surface area contributed by atoms with Gasteiger partial charge in [0.05, 0.1) is 16.6 Å². The molecule has 1 unspecified atom stereocenters. The number of benzene rings is 2. The Morgan fingerprint density at radius 1 is 0.870 bits per heavy atom. The van der Waals surface area contributed by atoms with E-state index in [0.717, 1.165) is 16.1 Å². The first-order valence-electron chi connectivity index (χ1n) is 7.17. The van der Waals surface area contributed by atoms with Gasteiger partial charge in [0.2, 0.25) is 0 Å². The van der Waals surface area contributed by atoms with Gasteiger partial charge >= 0.3 is 5.69 Å². The molecular weight excluding hydrogens is 310 g/mol. The molecule has 23 heavy (non-hydrogen) atoms. The summed E-state index contributed by atoms with van der Waals surface area (Å²) in [6.45, 7) is 0. The van der Waals surface area contributed by atoms with Gasteiger partial charge in [0.15, 0.2) is 0 Å². The summed E-state index contributed by atoms with van der Waals surface area (Å²) in [5.74, 6) is 0. The van der Waals surface area contributed by atoms with Gasteiger partial charge in [-0.3, -0.25) is 9.78 Å². The number of H-pyrrole nitrogens is 2. The predicted molar refractivity (Wildman–Crippen MR) is 90.2 cm³/mol. The first kappa shape index (κ1) is 13.9. The van der Waals surface area contributed by atoms with Gasteiger partial charge in [-0.1, -0.05) is 54.2 Å². The van der Waals surface area contributed by atoms with E-state index >= 15 is 0 Å². The zero-order valence-electron chi connectivity index (χ0n) is 12.0. The third-order valence-electron chi connectivity index (χ3n) is 3.76. The number of aromatic nitrogens is 2. The van der Waals surface area contributed by atoms with E-state index in [1.807, 2.05) is 54.6 Å². The number of nitrogens with one attached hydrogen (secondary N) is 3. The summed E-state index contributed by atoms with van der Waals surface area (Å²) in [7, 11) is 0. The van der Waals surface area contributed by atoms with E-state index in [2.05, 4.69) is 15.3 Å². The third-order valence-corrected chi connectivity index (χ3v) is 4.87. The Morgan fingerprint density at radius 3 is 2.43 bits per heavy atom. The van der Waals surface area contributed by atoms with E-state index in [1.54, 1.807) is 0 Å². The van der Waals surface area contributed by atoms with Crippen molar-refractivity contribution in [2.45, 2.75) is 16.0 Å². The number of aromatic amines is 2. The number of fused-ring (bicyclic) bond motifs is 2. The molecule has 0 saturated carbocycles. The summed E-state index contributed by atoms with van der Waals surface area (Å²) in [5.41, 5.74) is 1.56. The van der Waals surface area contributed by atoms with Gasteiger partial charge in [-0.05, 0) is 17.7 Å². The molecule has 3 aromatic rings. The Labute approximate surface area is 135 Å². The van der Waals surface area contributed by atoms with E-state index in [-0.39, 0.29) is 11.6 Å². The second-order valence-corrected chi connectivity index (χ2v) is 6.29. The van der Waals surface area contributed by atoms with Crippen LogP contribution in [0.1, 0.15) is 17.2 Å². The first-order chi connectivity index (χ1) is 11.2. The summed E-state index contributed by atoms with van der Waals surface area (Å²) < 4.78 is 0. The largest absolute Gasteiger partial charge is 0.373 e. The standard InChI is InChI=1S/C17H13N3O2S/c21-15-13-14(10-6-2-1-3-7-10)18-11-8-4-5-9-12(11)23-16(13)20-17(22)19-15/h1-9,14,18H,(H2,19,20,21,22). The van der Waals surface area contributed by atoms with E-state index in [4.69, 9.17) is 0 Å². The molecule has 3 N–H and O–H groups in total. The van der Waals surface area contributed by atoms with Crippen LogP contribution >= 0.6 is 11.8 Å². The van der Waals surface area contributed by atoms with Crippen molar-refractivity contribution in [3.8, 4) is 0 Å². The molecule has 0 fully saturated rings.